The second-order valence-corrected chi connectivity index (χ2v) is 7.09. The van der Waals surface area contributed by atoms with E-state index in [1.807, 2.05) is 0 Å². The molecule has 1 N–H and O–H groups in total. The molecule has 0 aromatic heterocycles. The van der Waals surface area contributed by atoms with Crippen LogP contribution in [0.3, 0.4) is 0 Å². The largest absolute Gasteiger partial charge is 0.307 e. The fourth-order valence-electron chi connectivity index (χ4n) is 3.40. The average molecular weight is 288 g/mol. The van der Waals surface area contributed by atoms with Gasteiger partial charge in [0.05, 0.1) is 0 Å². The minimum atomic E-state index is 0.481. The van der Waals surface area contributed by atoms with Crippen molar-refractivity contribution < 1.29 is 0 Å². The zero-order chi connectivity index (χ0) is 15.2. The van der Waals surface area contributed by atoms with E-state index in [4.69, 9.17) is 0 Å². The molecule has 3 unspecified atom stereocenters. The molecule has 0 bridgehead atoms. The number of benzene rings is 1. The summed E-state index contributed by atoms with van der Waals surface area (Å²) in [7, 11) is 0. The number of hydrogen-bond acceptors (Lipinski definition) is 2. The molecule has 1 aromatic rings. The van der Waals surface area contributed by atoms with Crippen molar-refractivity contribution in [3.05, 3.63) is 35.9 Å². The van der Waals surface area contributed by atoms with E-state index < -0.39 is 0 Å². The van der Waals surface area contributed by atoms with E-state index >= 15 is 0 Å². The Bertz CT molecular complexity index is 401. The Labute approximate surface area is 130 Å². The van der Waals surface area contributed by atoms with E-state index in [1.165, 1.54) is 24.8 Å². The van der Waals surface area contributed by atoms with Crippen molar-refractivity contribution in [3.63, 3.8) is 0 Å². The van der Waals surface area contributed by atoms with Gasteiger partial charge in [-0.1, -0.05) is 57.0 Å². The Kier molecular flexibility index (Phi) is 6.25. The summed E-state index contributed by atoms with van der Waals surface area (Å²) in [6, 6.07) is 12.7. The van der Waals surface area contributed by atoms with E-state index in [2.05, 4.69) is 68.2 Å². The summed E-state index contributed by atoms with van der Waals surface area (Å²) >= 11 is 0. The van der Waals surface area contributed by atoms with Gasteiger partial charge in [0.2, 0.25) is 0 Å². The van der Waals surface area contributed by atoms with Gasteiger partial charge in [-0.05, 0) is 31.7 Å². The molecule has 1 heterocycles. The van der Waals surface area contributed by atoms with Crippen molar-refractivity contribution in [2.75, 3.05) is 13.1 Å². The van der Waals surface area contributed by atoms with Gasteiger partial charge in [-0.2, -0.15) is 0 Å². The van der Waals surface area contributed by atoms with Crippen LogP contribution >= 0.6 is 0 Å². The third-order valence-corrected chi connectivity index (χ3v) is 4.79. The molecule has 1 aromatic carbocycles. The monoisotopic (exact) mass is 288 g/mol. The molecule has 1 aliphatic heterocycles. The highest BCUT2D eigenvalue weighted by Crippen LogP contribution is 2.23. The number of piperazine rings is 1. The predicted octanol–water partition coefficient (Wildman–Crippen LogP) is 4.24. The highest BCUT2D eigenvalue weighted by molar-refractivity contribution is 5.20. The van der Waals surface area contributed by atoms with Crippen LogP contribution in [-0.4, -0.2) is 30.1 Å². The SMILES string of the molecule is CC(C)CCCC(C)N1CC(c2ccccc2)NCC1C. The van der Waals surface area contributed by atoms with Crippen LogP contribution in [0.15, 0.2) is 30.3 Å². The van der Waals surface area contributed by atoms with Crippen molar-refractivity contribution in [1.29, 1.82) is 0 Å². The Morgan fingerprint density at radius 1 is 1.14 bits per heavy atom. The van der Waals surface area contributed by atoms with Crippen LogP contribution in [0.5, 0.6) is 0 Å². The second-order valence-electron chi connectivity index (χ2n) is 7.09. The Morgan fingerprint density at radius 2 is 1.86 bits per heavy atom. The molecular formula is C19H32N2. The summed E-state index contributed by atoms with van der Waals surface area (Å²) < 4.78 is 0. The zero-order valence-electron chi connectivity index (χ0n) is 14.2. The maximum Gasteiger partial charge on any atom is 0.0450 e. The molecule has 2 rings (SSSR count). The van der Waals surface area contributed by atoms with Crippen LogP contribution in [0.2, 0.25) is 0 Å². The molecule has 1 fully saturated rings. The van der Waals surface area contributed by atoms with E-state index in [9.17, 15) is 0 Å². The molecule has 0 amide bonds. The summed E-state index contributed by atoms with van der Waals surface area (Å²) in [5, 5.41) is 3.70. The molecule has 1 saturated heterocycles. The topological polar surface area (TPSA) is 15.3 Å². The number of nitrogens with zero attached hydrogens (tertiary/aromatic N) is 1. The van der Waals surface area contributed by atoms with Crippen LogP contribution in [0.1, 0.15) is 58.6 Å². The Morgan fingerprint density at radius 3 is 2.52 bits per heavy atom. The van der Waals surface area contributed by atoms with Gasteiger partial charge in [0.15, 0.2) is 0 Å². The number of nitrogens with one attached hydrogen (secondary N) is 1. The first kappa shape index (κ1) is 16.5. The van der Waals surface area contributed by atoms with Crippen LogP contribution in [0, 0.1) is 5.92 Å². The molecule has 2 heteroatoms. The molecule has 0 spiro atoms. The summed E-state index contributed by atoms with van der Waals surface area (Å²) in [6.45, 7) is 11.6. The summed E-state index contributed by atoms with van der Waals surface area (Å²) in [5.74, 6) is 0.828. The van der Waals surface area contributed by atoms with Crippen molar-refractivity contribution in [3.8, 4) is 0 Å². The summed E-state index contributed by atoms with van der Waals surface area (Å²) in [5.41, 5.74) is 1.42. The quantitative estimate of drug-likeness (QED) is 0.842. The van der Waals surface area contributed by atoms with Crippen LogP contribution in [-0.2, 0) is 0 Å². The van der Waals surface area contributed by atoms with Gasteiger partial charge in [0.1, 0.15) is 0 Å². The fraction of sp³-hybridized carbons (Fsp3) is 0.684. The lowest BCUT2D eigenvalue weighted by Gasteiger charge is -2.42. The highest BCUT2D eigenvalue weighted by atomic mass is 15.2. The van der Waals surface area contributed by atoms with E-state index in [-0.39, 0.29) is 0 Å². The van der Waals surface area contributed by atoms with Crippen molar-refractivity contribution >= 4 is 0 Å². The Balaban J connectivity index is 1.91. The molecule has 0 saturated carbocycles. The van der Waals surface area contributed by atoms with E-state index in [0.29, 0.717) is 18.1 Å². The van der Waals surface area contributed by atoms with Gasteiger partial charge in [0.25, 0.3) is 0 Å². The fourth-order valence-corrected chi connectivity index (χ4v) is 3.40. The van der Waals surface area contributed by atoms with Crippen molar-refractivity contribution in [2.45, 2.75) is 65.1 Å². The lowest BCUT2D eigenvalue weighted by Crippen LogP contribution is -2.54. The van der Waals surface area contributed by atoms with Crippen molar-refractivity contribution in [1.82, 2.24) is 10.2 Å². The second kappa shape index (κ2) is 7.95. The maximum absolute atomic E-state index is 3.70. The number of rotatable bonds is 6. The van der Waals surface area contributed by atoms with E-state index in [1.54, 1.807) is 0 Å². The standard InChI is InChI=1S/C19H32N2/c1-15(2)9-8-10-16(3)21-14-19(20-13-17(21)4)18-11-6-5-7-12-18/h5-7,11-12,15-17,19-20H,8-10,13-14H2,1-4H3. The average Bonchev–Trinajstić information content (AvgIpc) is 2.48. The normalized spacial score (nSPS) is 25.2. The minimum Gasteiger partial charge on any atom is -0.307 e. The summed E-state index contributed by atoms with van der Waals surface area (Å²) in [4.78, 5) is 2.70. The first-order valence-electron chi connectivity index (χ1n) is 8.62. The third-order valence-electron chi connectivity index (χ3n) is 4.79. The van der Waals surface area contributed by atoms with Gasteiger partial charge in [-0.25, -0.2) is 0 Å². The summed E-state index contributed by atoms with van der Waals surface area (Å²) in [6.07, 6.45) is 4.03. The zero-order valence-corrected chi connectivity index (χ0v) is 14.2. The van der Waals surface area contributed by atoms with Crippen molar-refractivity contribution in [2.24, 2.45) is 5.92 Å². The number of hydrogen-bond donors (Lipinski definition) is 1. The minimum absolute atomic E-state index is 0.481. The molecule has 21 heavy (non-hydrogen) atoms. The molecule has 3 atom stereocenters. The van der Waals surface area contributed by atoms with Crippen LogP contribution < -0.4 is 5.32 Å². The first-order valence-corrected chi connectivity index (χ1v) is 8.62. The maximum atomic E-state index is 3.70. The van der Waals surface area contributed by atoms with Gasteiger partial charge in [-0.3, -0.25) is 4.90 Å². The smallest absolute Gasteiger partial charge is 0.0450 e. The molecule has 2 nitrogen and oxygen atoms in total. The van der Waals surface area contributed by atoms with Gasteiger partial charge >= 0.3 is 0 Å². The van der Waals surface area contributed by atoms with Gasteiger partial charge < -0.3 is 5.32 Å². The molecule has 1 aliphatic rings. The molecular weight excluding hydrogens is 256 g/mol. The van der Waals surface area contributed by atoms with Gasteiger partial charge in [-0.15, -0.1) is 0 Å². The lowest BCUT2D eigenvalue weighted by atomic mass is 9.98. The highest BCUT2D eigenvalue weighted by Gasteiger charge is 2.28. The molecule has 118 valence electrons. The molecule has 0 aliphatic carbocycles. The predicted molar refractivity (Wildman–Crippen MR) is 91.5 cm³/mol. The van der Waals surface area contributed by atoms with Crippen LogP contribution in [0.25, 0.3) is 0 Å². The van der Waals surface area contributed by atoms with E-state index in [0.717, 1.165) is 19.0 Å². The molecule has 0 radical (unpaired) electrons. The first-order chi connectivity index (χ1) is 10.1. The van der Waals surface area contributed by atoms with Crippen LogP contribution in [0.4, 0.5) is 0 Å². The van der Waals surface area contributed by atoms with Gasteiger partial charge in [0, 0.05) is 31.2 Å². The lowest BCUT2D eigenvalue weighted by molar-refractivity contribution is 0.0924. The third kappa shape index (κ3) is 4.82. The Hall–Kier alpha value is -0.860.